The van der Waals surface area contributed by atoms with E-state index in [1.54, 1.807) is 6.92 Å². The van der Waals surface area contributed by atoms with Gasteiger partial charge in [0.15, 0.2) is 6.61 Å². The Labute approximate surface area is 149 Å². The summed E-state index contributed by atoms with van der Waals surface area (Å²) in [4.78, 5) is 25.7. The number of hydrogen-bond donors (Lipinski definition) is 1. The number of carbonyl (C=O) groups excluding carboxylic acids is 2. The van der Waals surface area contributed by atoms with E-state index >= 15 is 0 Å². The summed E-state index contributed by atoms with van der Waals surface area (Å²) in [6.45, 7) is 7.69. The molecule has 0 radical (unpaired) electrons. The lowest BCUT2D eigenvalue weighted by Crippen LogP contribution is -2.45. The summed E-state index contributed by atoms with van der Waals surface area (Å²) in [6.07, 6.45) is 0.688. The number of carbonyl (C=O) groups is 2. The number of aliphatic hydroxyl groups is 1. The Morgan fingerprint density at radius 2 is 1.84 bits per heavy atom. The van der Waals surface area contributed by atoms with Gasteiger partial charge in [0, 0.05) is 6.54 Å². The highest BCUT2D eigenvalue weighted by Crippen LogP contribution is 2.22. The van der Waals surface area contributed by atoms with Crippen molar-refractivity contribution in [1.82, 2.24) is 4.90 Å². The SMILES string of the molecule is CCOC(=O)CCN(C(=O)COc1c(C)cccc1C)C(CC)CO. The van der Waals surface area contributed by atoms with Crippen LogP contribution in [-0.2, 0) is 14.3 Å². The first-order chi connectivity index (χ1) is 11.9. The van der Waals surface area contributed by atoms with E-state index in [1.807, 2.05) is 39.0 Å². The molecule has 1 N–H and O–H groups in total. The van der Waals surface area contributed by atoms with Crippen LogP contribution in [0.1, 0.15) is 37.8 Å². The molecule has 0 aromatic heterocycles. The van der Waals surface area contributed by atoms with Gasteiger partial charge in [0.2, 0.25) is 0 Å². The quantitative estimate of drug-likeness (QED) is 0.654. The maximum absolute atomic E-state index is 12.6. The predicted octanol–water partition coefficient (Wildman–Crippen LogP) is 2.23. The first kappa shape index (κ1) is 21.0. The summed E-state index contributed by atoms with van der Waals surface area (Å²) in [5, 5.41) is 9.54. The van der Waals surface area contributed by atoms with Crippen LogP contribution in [0.3, 0.4) is 0 Å². The third-order valence-corrected chi connectivity index (χ3v) is 4.05. The molecule has 1 unspecified atom stereocenters. The summed E-state index contributed by atoms with van der Waals surface area (Å²) in [5.74, 6) is 0.0786. The predicted molar refractivity (Wildman–Crippen MR) is 95.5 cm³/mol. The summed E-state index contributed by atoms with van der Waals surface area (Å²) in [5.41, 5.74) is 1.92. The van der Waals surface area contributed by atoms with Crippen molar-refractivity contribution in [1.29, 1.82) is 0 Å². The lowest BCUT2D eigenvalue weighted by atomic mass is 10.1. The molecule has 0 saturated heterocycles. The number of aliphatic hydroxyl groups excluding tert-OH is 1. The average molecular weight is 351 g/mol. The normalized spacial score (nSPS) is 11.7. The van der Waals surface area contributed by atoms with Crippen molar-refractivity contribution in [2.75, 3.05) is 26.4 Å². The molecule has 0 heterocycles. The minimum absolute atomic E-state index is 0.0967. The molecule has 1 amide bonds. The smallest absolute Gasteiger partial charge is 0.307 e. The Bertz CT molecular complexity index is 549. The van der Waals surface area contributed by atoms with E-state index < -0.39 is 0 Å². The van der Waals surface area contributed by atoms with Gasteiger partial charge in [0.05, 0.1) is 25.7 Å². The Morgan fingerprint density at radius 1 is 1.20 bits per heavy atom. The molecule has 1 aromatic carbocycles. The molecule has 0 saturated carbocycles. The van der Waals surface area contributed by atoms with Gasteiger partial charge in [0.25, 0.3) is 5.91 Å². The van der Waals surface area contributed by atoms with Gasteiger partial charge in [-0.3, -0.25) is 9.59 Å². The average Bonchev–Trinajstić information content (AvgIpc) is 2.58. The Balaban J connectivity index is 2.76. The number of hydrogen-bond acceptors (Lipinski definition) is 5. The molecule has 1 aromatic rings. The molecule has 0 bridgehead atoms. The van der Waals surface area contributed by atoms with Gasteiger partial charge in [0.1, 0.15) is 5.75 Å². The topological polar surface area (TPSA) is 76.1 Å². The highest BCUT2D eigenvalue weighted by molar-refractivity contribution is 5.79. The largest absolute Gasteiger partial charge is 0.483 e. The first-order valence-corrected chi connectivity index (χ1v) is 8.69. The zero-order chi connectivity index (χ0) is 18.8. The van der Waals surface area contributed by atoms with Crippen molar-refractivity contribution in [3.63, 3.8) is 0 Å². The fourth-order valence-electron chi connectivity index (χ4n) is 2.65. The van der Waals surface area contributed by atoms with Gasteiger partial charge in [-0.2, -0.15) is 0 Å². The molecule has 0 aliphatic carbocycles. The molecule has 6 nitrogen and oxygen atoms in total. The van der Waals surface area contributed by atoms with E-state index in [1.165, 1.54) is 4.90 Å². The third-order valence-electron chi connectivity index (χ3n) is 4.05. The second-order valence-corrected chi connectivity index (χ2v) is 5.90. The van der Waals surface area contributed by atoms with Crippen LogP contribution in [0.4, 0.5) is 0 Å². The minimum atomic E-state index is -0.358. The molecule has 0 aliphatic heterocycles. The van der Waals surface area contributed by atoms with E-state index in [9.17, 15) is 14.7 Å². The van der Waals surface area contributed by atoms with Crippen molar-refractivity contribution in [2.24, 2.45) is 0 Å². The second kappa shape index (κ2) is 10.7. The standard InChI is InChI=1S/C19H29NO5/c1-5-16(12-21)20(11-10-18(23)24-6-2)17(22)13-25-19-14(3)8-7-9-15(19)4/h7-9,16,21H,5-6,10-13H2,1-4H3. The van der Waals surface area contributed by atoms with Gasteiger partial charge in [-0.05, 0) is 38.3 Å². The van der Waals surface area contributed by atoms with Crippen molar-refractivity contribution in [2.45, 2.75) is 46.6 Å². The number of aryl methyl sites for hydroxylation is 2. The van der Waals surface area contributed by atoms with Crippen molar-refractivity contribution >= 4 is 11.9 Å². The van der Waals surface area contributed by atoms with Crippen LogP contribution in [0.15, 0.2) is 18.2 Å². The number of rotatable bonds is 10. The number of ether oxygens (including phenoxy) is 2. The fraction of sp³-hybridized carbons (Fsp3) is 0.579. The maximum Gasteiger partial charge on any atom is 0.307 e. The highest BCUT2D eigenvalue weighted by Gasteiger charge is 2.23. The summed E-state index contributed by atoms with van der Waals surface area (Å²) in [7, 11) is 0. The molecule has 25 heavy (non-hydrogen) atoms. The van der Waals surface area contributed by atoms with Crippen LogP contribution in [0.2, 0.25) is 0 Å². The zero-order valence-electron chi connectivity index (χ0n) is 15.6. The number of para-hydroxylation sites is 1. The number of nitrogens with zero attached hydrogens (tertiary/aromatic N) is 1. The van der Waals surface area contributed by atoms with Gasteiger partial charge in [-0.25, -0.2) is 0 Å². The van der Waals surface area contributed by atoms with E-state index in [0.29, 0.717) is 18.8 Å². The minimum Gasteiger partial charge on any atom is -0.483 e. The van der Waals surface area contributed by atoms with Gasteiger partial charge in [-0.15, -0.1) is 0 Å². The molecule has 0 fully saturated rings. The summed E-state index contributed by atoms with van der Waals surface area (Å²) < 4.78 is 10.6. The van der Waals surface area contributed by atoms with E-state index in [-0.39, 0.29) is 44.1 Å². The van der Waals surface area contributed by atoms with E-state index in [4.69, 9.17) is 9.47 Å². The molecule has 0 spiro atoms. The van der Waals surface area contributed by atoms with Gasteiger partial charge >= 0.3 is 5.97 Å². The highest BCUT2D eigenvalue weighted by atomic mass is 16.5. The monoisotopic (exact) mass is 351 g/mol. The summed E-state index contributed by atoms with van der Waals surface area (Å²) >= 11 is 0. The Kier molecular flexibility index (Phi) is 8.99. The van der Waals surface area contributed by atoms with Gasteiger partial charge < -0.3 is 19.5 Å². The Morgan fingerprint density at radius 3 is 2.36 bits per heavy atom. The third kappa shape index (κ3) is 6.38. The zero-order valence-corrected chi connectivity index (χ0v) is 15.6. The maximum atomic E-state index is 12.6. The summed E-state index contributed by atoms with van der Waals surface area (Å²) in [6, 6.07) is 5.44. The number of esters is 1. The van der Waals surface area contributed by atoms with Crippen LogP contribution in [-0.4, -0.2) is 54.3 Å². The van der Waals surface area contributed by atoms with Crippen LogP contribution >= 0.6 is 0 Å². The Hall–Kier alpha value is -2.08. The number of amides is 1. The molecule has 140 valence electrons. The molecule has 6 heteroatoms. The van der Waals surface area contributed by atoms with Crippen LogP contribution in [0.25, 0.3) is 0 Å². The van der Waals surface area contributed by atoms with E-state index in [0.717, 1.165) is 11.1 Å². The molecule has 0 aliphatic rings. The van der Waals surface area contributed by atoms with Crippen molar-refractivity contribution < 1.29 is 24.2 Å². The number of benzene rings is 1. The molecule has 1 rings (SSSR count). The van der Waals surface area contributed by atoms with Crippen LogP contribution in [0, 0.1) is 13.8 Å². The molecular formula is C19H29NO5. The molecular weight excluding hydrogens is 322 g/mol. The van der Waals surface area contributed by atoms with E-state index in [2.05, 4.69) is 0 Å². The lowest BCUT2D eigenvalue weighted by molar-refractivity contribution is -0.145. The second-order valence-electron chi connectivity index (χ2n) is 5.90. The van der Waals surface area contributed by atoms with Gasteiger partial charge in [-0.1, -0.05) is 25.1 Å². The van der Waals surface area contributed by atoms with Crippen molar-refractivity contribution in [3.8, 4) is 5.75 Å². The van der Waals surface area contributed by atoms with Crippen molar-refractivity contribution in [3.05, 3.63) is 29.3 Å². The first-order valence-electron chi connectivity index (χ1n) is 8.69. The fourth-order valence-corrected chi connectivity index (χ4v) is 2.65. The van der Waals surface area contributed by atoms with Crippen LogP contribution in [0.5, 0.6) is 5.75 Å². The lowest BCUT2D eigenvalue weighted by Gasteiger charge is -2.30. The van der Waals surface area contributed by atoms with Crippen LogP contribution < -0.4 is 4.74 Å². The molecule has 1 atom stereocenters.